The number of carbonyl (C=O) groups is 1. The van der Waals surface area contributed by atoms with E-state index in [1.165, 1.54) is 0 Å². The molecule has 5 nitrogen and oxygen atoms in total. The Bertz CT molecular complexity index is 900. The van der Waals surface area contributed by atoms with Crippen molar-refractivity contribution < 1.29 is 9.00 Å². The van der Waals surface area contributed by atoms with Gasteiger partial charge >= 0.3 is 0 Å². The summed E-state index contributed by atoms with van der Waals surface area (Å²) in [5.41, 5.74) is 3.80. The van der Waals surface area contributed by atoms with Gasteiger partial charge in [-0.2, -0.15) is 0 Å². The van der Waals surface area contributed by atoms with Crippen molar-refractivity contribution >= 4 is 22.4 Å². The molecule has 124 valence electrons. The van der Waals surface area contributed by atoms with Gasteiger partial charge in [0.25, 0.3) is 0 Å². The molecular weight excluding hydrogens is 322 g/mol. The van der Waals surface area contributed by atoms with Crippen LogP contribution in [0.2, 0.25) is 0 Å². The van der Waals surface area contributed by atoms with Crippen molar-refractivity contribution in [3.63, 3.8) is 0 Å². The Labute approximate surface area is 143 Å². The largest absolute Gasteiger partial charge is 0.352 e. The minimum absolute atomic E-state index is 0.0542. The predicted molar refractivity (Wildman–Crippen MR) is 94.3 cm³/mol. The van der Waals surface area contributed by atoms with Crippen molar-refractivity contribution in [3.8, 4) is 0 Å². The Morgan fingerprint density at radius 2 is 2.00 bits per heavy atom. The SMILES string of the molecule is Cc1cccn2c(CC(=O)NCc3ccc(S(C)=O)cc3)cnc12. The van der Waals surface area contributed by atoms with Gasteiger partial charge in [0.05, 0.1) is 12.1 Å². The Balaban J connectivity index is 1.63. The summed E-state index contributed by atoms with van der Waals surface area (Å²) >= 11 is 0. The zero-order chi connectivity index (χ0) is 17.1. The molecule has 3 aromatic rings. The number of nitrogens with one attached hydrogen (secondary N) is 1. The summed E-state index contributed by atoms with van der Waals surface area (Å²) in [7, 11) is -0.984. The third kappa shape index (κ3) is 3.54. The maximum atomic E-state index is 12.2. The molecule has 0 fully saturated rings. The Hall–Kier alpha value is -2.47. The number of pyridine rings is 1. The number of hydrogen-bond acceptors (Lipinski definition) is 3. The molecule has 0 radical (unpaired) electrons. The lowest BCUT2D eigenvalue weighted by Crippen LogP contribution is -2.25. The average molecular weight is 341 g/mol. The average Bonchev–Trinajstić information content (AvgIpc) is 2.98. The van der Waals surface area contributed by atoms with Crippen LogP contribution in [0.15, 0.2) is 53.7 Å². The second-order valence-corrected chi connectivity index (χ2v) is 7.07. The van der Waals surface area contributed by atoms with Crippen molar-refractivity contribution in [3.05, 3.63) is 65.6 Å². The van der Waals surface area contributed by atoms with Gasteiger partial charge in [0.1, 0.15) is 5.65 Å². The fraction of sp³-hybridized carbons (Fsp3) is 0.222. The summed E-state index contributed by atoms with van der Waals surface area (Å²) in [6.45, 7) is 2.45. The third-order valence-corrected chi connectivity index (χ3v) is 4.83. The van der Waals surface area contributed by atoms with Crippen LogP contribution in [0.1, 0.15) is 16.8 Å². The number of aryl methyl sites for hydroxylation is 1. The Morgan fingerprint density at radius 1 is 1.25 bits per heavy atom. The van der Waals surface area contributed by atoms with Crippen LogP contribution in [0, 0.1) is 6.92 Å². The van der Waals surface area contributed by atoms with Gasteiger partial charge in [-0.15, -0.1) is 0 Å². The fourth-order valence-corrected chi connectivity index (χ4v) is 3.08. The minimum Gasteiger partial charge on any atom is -0.352 e. The third-order valence-electron chi connectivity index (χ3n) is 3.89. The molecule has 0 aliphatic heterocycles. The maximum absolute atomic E-state index is 12.2. The first-order valence-corrected chi connectivity index (χ1v) is 9.21. The lowest BCUT2D eigenvalue weighted by Gasteiger charge is -2.06. The number of benzene rings is 1. The first-order chi connectivity index (χ1) is 11.5. The van der Waals surface area contributed by atoms with Gasteiger partial charge < -0.3 is 9.72 Å². The second-order valence-electron chi connectivity index (χ2n) is 5.69. The molecular formula is C18H19N3O2S. The molecule has 2 heterocycles. The molecule has 0 spiro atoms. The van der Waals surface area contributed by atoms with E-state index in [-0.39, 0.29) is 12.3 Å². The van der Waals surface area contributed by atoms with E-state index in [9.17, 15) is 9.00 Å². The van der Waals surface area contributed by atoms with Crippen LogP contribution in [0.4, 0.5) is 0 Å². The molecule has 0 aliphatic rings. The number of carbonyl (C=O) groups excluding carboxylic acids is 1. The first kappa shape index (κ1) is 16.4. The Kier molecular flexibility index (Phi) is 4.76. The van der Waals surface area contributed by atoms with Crippen molar-refractivity contribution in [1.29, 1.82) is 0 Å². The van der Waals surface area contributed by atoms with Crippen LogP contribution in [0.25, 0.3) is 5.65 Å². The van der Waals surface area contributed by atoms with Crippen LogP contribution < -0.4 is 5.32 Å². The molecule has 2 aromatic heterocycles. The van der Waals surface area contributed by atoms with Gasteiger partial charge in [-0.1, -0.05) is 18.2 Å². The highest BCUT2D eigenvalue weighted by Gasteiger charge is 2.09. The number of amides is 1. The van der Waals surface area contributed by atoms with Crippen LogP contribution in [-0.4, -0.2) is 25.8 Å². The summed E-state index contributed by atoms with van der Waals surface area (Å²) in [5, 5.41) is 2.91. The van der Waals surface area contributed by atoms with Gasteiger partial charge in [-0.3, -0.25) is 9.00 Å². The highest BCUT2D eigenvalue weighted by Crippen LogP contribution is 2.12. The smallest absolute Gasteiger partial charge is 0.226 e. The van der Waals surface area contributed by atoms with E-state index in [0.29, 0.717) is 6.54 Å². The molecule has 0 aliphatic carbocycles. The molecule has 1 aromatic carbocycles. The summed E-state index contributed by atoms with van der Waals surface area (Å²) in [5.74, 6) is -0.0542. The number of nitrogens with zero attached hydrogens (tertiary/aromatic N) is 2. The van der Waals surface area contributed by atoms with Crippen molar-refractivity contribution in [1.82, 2.24) is 14.7 Å². The zero-order valence-corrected chi connectivity index (χ0v) is 14.5. The van der Waals surface area contributed by atoms with Gasteiger partial charge in [0.2, 0.25) is 5.91 Å². The quantitative estimate of drug-likeness (QED) is 0.774. The molecule has 24 heavy (non-hydrogen) atoms. The summed E-state index contributed by atoms with van der Waals surface area (Å²) < 4.78 is 13.3. The number of aromatic nitrogens is 2. The van der Waals surface area contributed by atoms with Crippen LogP contribution in [-0.2, 0) is 28.6 Å². The normalized spacial score (nSPS) is 12.2. The molecule has 0 bridgehead atoms. The molecule has 0 saturated carbocycles. The van der Waals surface area contributed by atoms with Gasteiger partial charge in [0.15, 0.2) is 0 Å². The highest BCUT2D eigenvalue weighted by molar-refractivity contribution is 7.84. The fourth-order valence-electron chi connectivity index (χ4n) is 2.56. The lowest BCUT2D eigenvalue weighted by molar-refractivity contribution is -0.120. The first-order valence-electron chi connectivity index (χ1n) is 7.65. The predicted octanol–water partition coefficient (Wildman–Crippen LogP) is 2.24. The standard InChI is InChI=1S/C18H19N3O2S/c1-13-4-3-9-21-15(12-20-18(13)21)10-17(22)19-11-14-5-7-16(8-6-14)24(2)23/h3-9,12H,10-11H2,1-2H3,(H,19,22). The number of fused-ring (bicyclic) bond motifs is 1. The van der Waals surface area contributed by atoms with Crippen LogP contribution >= 0.6 is 0 Å². The van der Waals surface area contributed by atoms with E-state index in [4.69, 9.17) is 0 Å². The van der Waals surface area contributed by atoms with Crippen molar-refractivity contribution in [2.45, 2.75) is 24.8 Å². The topological polar surface area (TPSA) is 63.5 Å². The maximum Gasteiger partial charge on any atom is 0.226 e. The van der Waals surface area contributed by atoms with Crippen LogP contribution in [0.3, 0.4) is 0 Å². The summed E-state index contributed by atoms with van der Waals surface area (Å²) in [4.78, 5) is 17.3. The summed E-state index contributed by atoms with van der Waals surface area (Å²) in [6.07, 6.45) is 5.59. The van der Waals surface area contributed by atoms with Gasteiger partial charge in [0, 0.05) is 40.9 Å². The number of hydrogen-bond donors (Lipinski definition) is 1. The molecule has 1 N–H and O–H groups in total. The minimum atomic E-state index is -0.984. The second kappa shape index (κ2) is 6.97. The number of rotatable bonds is 5. The Morgan fingerprint density at radius 3 is 2.71 bits per heavy atom. The molecule has 3 rings (SSSR count). The molecule has 1 amide bonds. The lowest BCUT2D eigenvalue weighted by atomic mass is 10.2. The van der Waals surface area contributed by atoms with E-state index in [0.717, 1.165) is 27.4 Å². The summed E-state index contributed by atoms with van der Waals surface area (Å²) in [6, 6.07) is 11.4. The van der Waals surface area contributed by atoms with Crippen LogP contribution in [0.5, 0.6) is 0 Å². The van der Waals surface area contributed by atoms with Crippen molar-refractivity contribution in [2.75, 3.05) is 6.26 Å². The number of imidazole rings is 1. The molecule has 6 heteroatoms. The van der Waals surface area contributed by atoms with E-state index in [1.54, 1.807) is 12.5 Å². The molecule has 1 unspecified atom stereocenters. The van der Waals surface area contributed by atoms with E-state index < -0.39 is 10.8 Å². The van der Waals surface area contributed by atoms with E-state index in [2.05, 4.69) is 10.3 Å². The van der Waals surface area contributed by atoms with E-state index in [1.807, 2.05) is 53.9 Å². The highest BCUT2D eigenvalue weighted by atomic mass is 32.2. The van der Waals surface area contributed by atoms with E-state index >= 15 is 0 Å². The monoisotopic (exact) mass is 341 g/mol. The zero-order valence-electron chi connectivity index (χ0n) is 13.7. The van der Waals surface area contributed by atoms with Gasteiger partial charge in [-0.25, -0.2) is 4.98 Å². The van der Waals surface area contributed by atoms with Crippen molar-refractivity contribution in [2.24, 2.45) is 0 Å². The molecule has 0 saturated heterocycles. The molecule has 1 atom stereocenters. The van der Waals surface area contributed by atoms with Gasteiger partial charge in [-0.05, 0) is 36.2 Å².